The van der Waals surface area contributed by atoms with Crippen LogP contribution in [0.4, 0.5) is 0 Å². The number of esters is 1. The first-order chi connectivity index (χ1) is 15.0. The molecule has 5 heteroatoms. The minimum atomic E-state index is -0.459. The number of carbonyl (C=O) groups excluding carboxylic acids is 1. The van der Waals surface area contributed by atoms with Crippen molar-refractivity contribution in [3.8, 4) is 23.0 Å². The molecular formula is C26H21N3O2. The van der Waals surface area contributed by atoms with Gasteiger partial charge in [0.2, 0.25) is 0 Å². The second kappa shape index (κ2) is 8.68. The summed E-state index contributed by atoms with van der Waals surface area (Å²) in [6.45, 7) is 4.12. The molecule has 0 radical (unpaired) electrons. The minimum Gasteiger partial charge on any atom is -0.457 e. The van der Waals surface area contributed by atoms with Crippen LogP contribution in [0.1, 0.15) is 32.6 Å². The minimum absolute atomic E-state index is 0.0805. The third-order valence-corrected chi connectivity index (χ3v) is 5.02. The van der Waals surface area contributed by atoms with Crippen LogP contribution in [0.15, 0.2) is 79.0 Å². The Morgan fingerprint density at radius 2 is 1.84 bits per heavy atom. The van der Waals surface area contributed by atoms with Gasteiger partial charge in [-0.2, -0.15) is 10.4 Å². The largest absolute Gasteiger partial charge is 0.457 e. The summed E-state index contributed by atoms with van der Waals surface area (Å²) in [6.07, 6.45) is 1.71. The van der Waals surface area contributed by atoms with Crippen molar-refractivity contribution in [2.45, 2.75) is 20.5 Å². The van der Waals surface area contributed by atoms with Crippen molar-refractivity contribution >= 4 is 5.97 Å². The zero-order valence-electron chi connectivity index (χ0n) is 17.4. The van der Waals surface area contributed by atoms with Crippen LogP contribution < -0.4 is 0 Å². The molecule has 4 rings (SSSR count). The van der Waals surface area contributed by atoms with Crippen molar-refractivity contribution in [1.82, 2.24) is 9.78 Å². The lowest BCUT2D eigenvalue weighted by atomic mass is 10.0. The maximum atomic E-state index is 13.0. The molecule has 1 heterocycles. The van der Waals surface area contributed by atoms with E-state index in [1.807, 2.05) is 62.4 Å². The topological polar surface area (TPSA) is 67.9 Å². The number of hydrogen-bond acceptors (Lipinski definition) is 4. The molecule has 1 aromatic heterocycles. The highest BCUT2D eigenvalue weighted by Crippen LogP contribution is 2.28. The third kappa shape index (κ3) is 4.39. The van der Waals surface area contributed by atoms with Crippen LogP contribution in [0, 0.1) is 25.2 Å². The van der Waals surface area contributed by atoms with Crippen molar-refractivity contribution in [2.24, 2.45) is 0 Å². The Morgan fingerprint density at radius 1 is 1.03 bits per heavy atom. The Morgan fingerprint density at radius 3 is 2.58 bits per heavy atom. The molecule has 31 heavy (non-hydrogen) atoms. The molecule has 5 nitrogen and oxygen atoms in total. The molecule has 0 atom stereocenters. The van der Waals surface area contributed by atoms with E-state index in [4.69, 9.17) is 15.1 Å². The van der Waals surface area contributed by atoms with Gasteiger partial charge in [0.15, 0.2) is 0 Å². The Labute approximate surface area is 181 Å². The lowest BCUT2D eigenvalue weighted by Gasteiger charge is -2.08. The average Bonchev–Trinajstić information content (AvgIpc) is 3.23. The second-order valence-corrected chi connectivity index (χ2v) is 7.38. The van der Waals surface area contributed by atoms with Gasteiger partial charge in [0.05, 0.1) is 17.3 Å². The summed E-state index contributed by atoms with van der Waals surface area (Å²) in [4.78, 5) is 13.0. The first-order valence-electron chi connectivity index (χ1n) is 9.94. The molecule has 3 aromatic carbocycles. The van der Waals surface area contributed by atoms with Crippen molar-refractivity contribution in [3.05, 3.63) is 107 Å². The van der Waals surface area contributed by atoms with Crippen LogP contribution in [-0.2, 0) is 11.3 Å². The van der Waals surface area contributed by atoms with E-state index in [-0.39, 0.29) is 6.61 Å². The number of benzene rings is 3. The fourth-order valence-corrected chi connectivity index (χ4v) is 3.47. The second-order valence-electron chi connectivity index (χ2n) is 7.38. The predicted octanol–water partition coefficient (Wildman–Crippen LogP) is 5.38. The number of para-hydroxylation sites is 1. The van der Waals surface area contributed by atoms with E-state index >= 15 is 0 Å². The molecule has 0 N–H and O–H groups in total. The number of nitriles is 1. The van der Waals surface area contributed by atoms with E-state index in [0.29, 0.717) is 16.8 Å². The number of aryl methyl sites for hydroxylation is 2. The summed E-state index contributed by atoms with van der Waals surface area (Å²) in [6, 6.07) is 24.8. The molecule has 152 valence electrons. The molecule has 0 aliphatic heterocycles. The number of nitrogens with zero attached hydrogens (tertiary/aromatic N) is 3. The van der Waals surface area contributed by atoms with Crippen LogP contribution in [0.3, 0.4) is 0 Å². The summed E-state index contributed by atoms with van der Waals surface area (Å²) in [7, 11) is 0. The van der Waals surface area contributed by atoms with E-state index in [2.05, 4.69) is 12.1 Å². The number of carbonyl (C=O) groups is 1. The molecule has 0 aliphatic rings. The molecule has 0 aliphatic carbocycles. The number of rotatable bonds is 5. The van der Waals surface area contributed by atoms with Gasteiger partial charge < -0.3 is 4.74 Å². The summed E-state index contributed by atoms with van der Waals surface area (Å²) < 4.78 is 7.28. The zero-order chi connectivity index (χ0) is 21.8. The average molecular weight is 407 g/mol. The van der Waals surface area contributed by atoms with Crippen LogP contribution >= 0.6 is 0 Å². The Bertz CT molecular complexity index is 1280. The fraction of sp³-hybridized carbons (Fsp3) is 0.115. The van der Waals surface area contributed by atoms with Crippen LogP contribution in [-0.4, -0.2) is 15.7 Å². The fourth-order valence-electron chi connectivity index (χ4n) is 3.47. The molecule has 0 saturated carbocycles. The number of ether oxygens (including phenoxy) is 1. The summed E-state index contributed by atoms with van der Waals surface area (Å²) >= 11 is 0. The molecule has 0 saturated heterocycles. The molecule has 0 spiro atoms. The molecular weight excluding hydrogens is 386 g/mol. The van der Waals surface area contributed by atoms with Crippen LogP contribution in [0.5, 0.6) is 0 Å². The lowest BCUT2D eigenvalue weighted by molar-refractivity contribution is 0.0473. The molecule has 0 unspecified atom stereocenters. The van der Waals surface area contributed by atoms with Gasteiger partial charge in [0, 0.05) is 11.8 Å². The maximum absolute atomic E-state index is 13.0. The van der Waals surface area contributed by atoms with Crippen LogP contribution in [0.25, 0.3) is 16.9 Å². The number of hydrogen-bond donors (Lipinski definition) is 0. The Balaban J connectivity index is 1.70. The highest BCUT2D eigenvalue weighted by molar-refractivity contribution is 5.96. The molecule has 4 aromatic rings. The first-order valence-corrected chi connectivity index (χ1v) is 9.94. The van der Waals surface area contributed by atoms with Crippen molar-refractivity contribution in [2.75, 3.05) is 0 Å². The van der Waals surface area contributed by atoms with E-state index in [0.717, 1.165) is 27.9 Å². The summed E-state index contributed by atoms with van der Waals surface area (Å²) in [5.41, 5.74) is 6.19. The van der Waals surface area contributed by atoms with Crippen molar-refractivity contribution < 1.29 is 9.53 Å². The summed E-state index contributed by atoms with van der Waals surface area (Å²) in [5.74, 6) is -0.459. The van der Waals surface area contributed by atoms with Gasteiger partial charge in [-0.25, -0.2) is 9.48 Å². The lowest BCUT2D eigenvalue weighted by Crippen LogP contribution is -2.06. The maximum Gasteiger partial charge on any atom is 0.342 e. The summed E-state index contributed by atoms with van der Waals surface area (Å²) in [5, 5.41) is 13.8. The Kier molecular flexibility index (Phi) is 5.63. The molecule has 0 fully saturated rings. The highest BCUT2D eigenvalue weighted by atomic mass is 16.5. The predicted molar refractivity (Wildman–Crippen MR) is 119 cm³/mol. The van der Waals surface area contributed by atoms with Gasteiger partial charge in [-0.05, 0) is 49.2 Å². The molecule has 0 bridgehead atoms. The zero-order valence-corrected chi connectivity index (χ0v) is 17.4. The van der Waals surface area contributed by atoms with E-state index in [1.54, 1.807) is 29.1 Å². The van der Waals surface area contributed by atoms with Gasteiger partial charge in [0.1, 0.15) is 17.9 Å². The van der Waals surface area contributed by atoms with E-state index in [9.17, 15) is 4.79 Å². The van der Waals surface area contributed by atoms with Gasteiger partial charge in [0.25, 0.3) is 0 Å². The van der Waals surface area contributed by atoms with Gasteiger partial charge in [-0.1, -0.05) is 54.1 Å². The van der Waals surface area contributed by atoms with Gasteiger partial charge >= 0.3 is 5.97 Å². The van der Waals surface area contributed by atoms with E-state index < -0.39 is 5.97 Å². The van der Waals surface area contributed by atoms with Crippen molar-refractivity contribution in [3.63, 3.8) is 0 Å². The van der Waals surface area contributed by atoms with Gasteiger partial charge in [-0.3, -0.25) is 0 Å². The van der Waals surface area contributed by atoms with Gasteiger partial charge in [-0.15, -0.1) is 0 Å². The van der Waals surface area contributed by atoms with Crippen molar-refractivity contribution in [1.29, 1.82) is 5.26 Å². The van der Waals surface area contributed by atoms with Crippen LogP contribution in [0.2, 0.25) is 0 Å². The molecule has 0 amide bonds. The first kappa shape index (κ1) is 20.1. The number of aromatic nitrogens is 2. The Hall–Kier alpha value is -4.17. The SMILES string of the molecule is Cc1ccc(-c2nn(-c3ccccc3)cc2C(=O)OCc2cccc(C#N)c2)c(C)c1. The standard InChI is InChI=1S/C26H21N3O2/c1-18-11-12-23(19(2)13-18)25-24(16-29(28-25)22-9-4-3-5-10-22)26(30)31-17-21-8-6-7-20(14-21)15-27/h3-14,16H,17H2,1-2H3. The third-order valence-electron chi connectivity index (χ3n) is 5.02. The smallest absolute Gasteiger partial charge is 0.342 e. The quantitative estimate of drug-likeness (QED) is 0.416. The highest BCUT2D eigenvalue weighted by Gasteiger charge is 2.21. The monoisotopic (exact) mass is 407 g/mol. The van der Waals surface area contributed by atoms with E-state index in [1.165, 1.54) is 0 Å². The normalized spacial score (nSPS) is 10.5.